The minimum Gasteiger partial charge on any atom is -0.367 e. The Balaban J connectivity index is 2.03. The number of amidine groups is 1. The first-order chi connectivity index (χ1) is 7.90. The van der Waals surface area contributed by atoms with Crippen molar-refractivity contribution in [1.82, 2.24) is 5.32 Å². The molecule has 0 amide bonds. The summed E-state index contributed by atoms with van der Waals surface area (Å²) in [4.78, 5) is 4.55. The van der Waals surface area contributed by atoms with E-state index < -0.39 is 0 Å². The zero-order valence-corrected chi connectivity index (χ0v) is 9.95. The third kappa shape index (κ3) is 2.84. The predicted octanol–water partition coefficient (Wildman–Crippen LogP) is 3.31. The summed E-state index contributed by atoms with van der Waals surface area (Å²) in [6, 6.07) is 11.0. The lowest BCUT2D eigenvalue weighted by molar-refractivity contribution is 0.599. The molecule has 2 nitrogen and oxygen atoms in total. The third-order valence-corrected chi connectivity index (χ3v) is 3.08. The number of benzene rings is 1. The molecule has 0 radical (unpaired) electrons. The van der Waals surface area contributed by atoms with E-state index in [9.17, 15) is 0 Å². The van der Waals surface area contributed by atoms with E-state index in [0.717, 1.165) is 19.4 Å². The van der Waals surface area contributed by atoms with Crippen molar-refractivity contribution in [2.45, 2.75) is 38.6 Å². The van der Waals surface area contributed by atoms with Gasteiger partial charge >= 0.3 is 0 Å². The highest BCUT2D eigenvalue weighted by atomic mass is 15.0. The Morgan fingerprint density at radius 2 is 2.06 bits per heavy atom. The molecule has 2 heteroatoms. The molecular formula is C14H20N2. The third-order valence-electron chi connectivity index (χ3n) is 3.08. The van der Waals surface area contributed by atoms with Crippen LogP contribution < -0.4 is 5.32 Å². The van der Waals surface area contributed by atoms with Crippen molar-refractivity contribution >= 4 is 5.84 Å². The summed E-state index contributed by atoms with van der Waals surface area (Å²) >= 11 is 0. The van der Waals surface area contributed by atoms with Gasteiger partial charge in [-0.3, -0.25) is 4.99 Å². The fourth-order valence-corrected chi connectivity index (χ4v) is 2.12. The molecule has 16 heavy (non-hydrogen) atoms. The first-order valence-corrected chi connectivity index (χ1v) is 6.25. The van der Waals surface area contributed by atoms with E-state index in [4.69, 9.17) is 0 Å². The van der Waals surface area contributed by atoms with Crippen molar-refractivity contribution < 1.29 is 0 Å². The van der Waals surface area contributed by atoms with Gasteiger partial charge in [0.05, 0.1) is 11.9 Å². The molecule has 1 heterocycles. The normalized spacial score (nSPS) is 17.7. The highest BCUT2D eigenvalue weighted by Crippen LogP contribution is 2.17. The monoisotopic (exact) mass is 216 g/mol. The second-order valence-electron chi connectivity index (χ2n) is 4.30. The van der Waals surface area contributed by atoms with Gasteiger partial charge in [-0.05, 0) is 24.8 Å². The van der Waals surface area contributed by atoms with E-state index in [1.807, 2.05) is 0 Å². The Morgan fingerprint density at radius 1 is 1.25 bits per heavy atom. The van der Waals surface area contributed by atoms with Crippen molar-refractivity contribution in [2.24, 2.45) is 4.99 Å². The van der Waals surface area contributed by atoms with E-state index in [-0.39, 0.29) is 0 Å². The number of rotatable bonds is 3. The minimum absolute atomic E-state index is 0.415. The Labute approximate surface area is 97.8 Å². The first kappa shape index (κ1) is 11.2. The van der Waals surface area contributed by atoms with Crippen LogP contribution in [0.1, 0.15) is 44.2 Å². The number of aliphatic imine (C=N–C) groups is 1. The van der Waals surface area contributed by atoms with Crippen molar-refractivity contribution in [1.29, 1.82) is 0 Å². The van der Waals surface area contributed by atoms with Crippen LogP contribution in [0.5, 0.6) is 0 Å². The lowest BCUT2D eigenvalue weighted by Gasteiger charge is -2.22. The van der Waals surface area contributed by atoms with Crippen molar-refractivity contribution in [3.63, 3.8) is 0 Å². The van der Waals surface area contributed by atoms with E-state index in [1.54, 1.807) is 0 Å². The Bertz CT molecular complexity index is 343. The van der Waals surface area contributed by atoms with Gasteiger partial charge in [-0.15, -0.1) is 0 Å². The molecule has 1 aliphatic heterocycles. The van der Waals surface area contributed by atoms with E-state index in [1.165, 1.54) is 24.2 Å². The standard InChI is InChI=1S/C14H20N2/c1-2-13(12-8-4-3-5-9-12)16-14-10-6-7-11-15-14/h3-5,8-9,13H,2,6-7,10-11H2,1H3,(H,15,16). The molecule has 1 unspecified atom stereocenters. The van der Waals surface area contributed by atoms with Crippen molar-refractivity contribution in [2.75, 3.05) is 6.54 Å². The molecule has 0 spiro atoms. The molecule has 1 atom stereocenters. The van der Waals surface area contributed by atoms with Gasteiger partial charge in [-0.2, -0.15) is 0 Å². The number of hydrogen-bond acceptors (Lipinski definition) is 2. The predicted molar refractivity (Wildman–Crippen MR) is 68.8 cm³/mol. The van der Waals surface area contributed by atoms with Crippen LogP contribution in [0.4, 0.5) is 0 Å². The van der Waals surface area contributed by atoms with Crippen LogP contribution in [0.3, 0.4) is 0 Å². The molecule has 0 fully saturated rings. The van der Waals surface area contributed by atoms with E-state index in [0.29, 0.717) is 6.04 Å². The molecule has 1 aromatic carbocycles. The molecular weight excluding hydrogens is 196 g/mol. The second-order valence-corrected chi connectivity index (χ2v) is 4.30. The maximum Gasteiger partial charge on any atom is 0.0967 e. The maximum atomic E-state index is 4.55. The van der Waals surface area contributed by atoms with Crippen LogP contribution in [0.25, 0.3) is 0 Å². The lowest BCUT2D eigenvalue weighted by atomic mass is 10.0. The topological polar surface area (TPSA) is 24.4 Å². The van der Waals surface area contributed by atoms with Crippen molar-refractivity contribution in [3.05, 3.63) is 35.9 Å². The Kier molecular flexibility index (Phi) is 3.97. The van der Waals surface area contributed by atoms with Crippen LogP contribution >= 0.6 is 0 Å². The summed E-state index contributed by atoms with van der Waals surface area (Å²) in [6.07, 6.45) is 4.73. The second kappa shape index (κ2) is 5.69. The molecule has 0 saturated heterocycles. The summed E-state index contributed by atoms with van der Waals surface area (Å²) in [5.41, 5.74) is 1.36. The maximum absolute atomic E-state index is 4.55. The first-order valence-electron chi connectivity index (χ1n) is 6.25. The zero-order chi connectivity index (χ0) is 11.2. The zero-order valence-electron chi connectivity index (χ0n) is 9.95. The van der Waals surface area contributed by atoms with Crippen molar-refractivity contribution in [3.8, 4) is 0 Å². The van der Waals surface area contributed by atoms with E-state index in [2.05, 4.69) is 47.6 Å². The summed E-state index contributed by atoms with van der Waals surface area (Å²) in [7, 11) is 0. The van der Waals surface area contributed by atoms with Gasteiger partial charge in [0.25, 0.3) is 0 Å². The molecule has 0 aliphatic carbocycles. The quantitative estimate of drug-likeness (QED) is 0.823. The van der Waals surface area contributed by atoms with Gasteiger partial charge in [0.1, 0.15) is 0 Å². The van der Waals surface area contributed by atoms with Gasteiger partial charge in [0.2, 0.25) is 0 Å². The Morgan fingerprint density at radius 3 is 2.69 bits per heavy atom. The molecule has 0 saturated carbocycles. The smallest absolute Gasteiger partial charge is 0.0967 e. The molecule has 0 aromatic heterocycles. The average Bonchev–Trinajstić information content (AvgIpc) is 2.38. The summed E-state index contributed by atoms with van der Waals surface area (Å²) in [5, 5.41) is 3.57. The van der Waals surface area contributed by atoms with Gasteiger partial charge in [-0.25, -0.2) is 0 Å². The molecule has 86 valence electrons. The van der Waals surface area contributed by atoms with Gasteiger partial charge in [0.15, 0.2) is 0 Å². The van der Waals surface area contributed by atoms with Crippen LogP contribution in [0.15, 0.2) is 35.3 Å². The summed E-state index contributed by atoms with van der Waals surface area (Å²) < 4.78 is 0. The van der Waals surface area contributed by atoms with E-state index >= 15 is 0 Å². The largest absolute Gasteiger partial charge is 0.367 e. The van der Waals surface area contributed by atoms with Gasteiger partial charge in [-0.1, -0.05) is 37.3 Å². The lowest BCUT2D eigenvalue weighted by Crippen LogP contribution is -2.29. The molecule has 1 N–H and O–H groups in total. The molecule has 2 rings (SSSR count). The summed E-state index contributed by atoms with van der Waals surface area (Å²) in [6.45, 7) is 3.21. The SMILES string of the molecule is CCC(NC1=NCCCC1)c1ccccc1. The van der Waals surface area contributed by atoms with Crippen LogP contribution in [-0.4, -0.2) is 12.4 Å². The number of hydrogen-bond donors (Lipinski definition) is 1. The highest BCUT2D eigenvalue weighted by Gasteiger charge is 2.12. The van der Waals surface area contributed by atoms with Gasteiger partial charge < -0.3 is 5.32 Å². The number of nitrogens with one attached hydrogen (secondary N) is 1. The molecule has 1 aliphatic rings. The molecule has 1 aromatic rings. The number of nitrogens with zero attached hydrogens (tertiary/aromatic N) is 1. The molecule has 0 bridgehead atoms. The van der Waals surface area contributed by atoms with Gasteiger partial charge in [0, 0.05) is 13.0 Å². The minimum atomic E-state index is 0.415. The fraction of sp³-hybridized carbons (Fsp3) is 0.500. The Hall–Kier alpha value is -1.31. The summed E-state index contributed by atoms with van der Waals surface area (Å²) in [5.74, 6) is 1.20. The van der Waals surface area contributed by atoms with Crippen LogP contribution in [-0.2, 0) is 0 Å². The van der Waals surface area contributed by atoms with Crippen LogP contribution in [0, 0.1) is 0 Å². The van der Waals surface area contributed by atoms with Crippen LogP contribution in [0.2, 0.25) is 0 Å². The fourth-order valence-electron chi connectivity index (χ4n) is 2.12. The average molecular weight is 216 g/mol. The highest BCUT2D eigenvalue weighted by molar-refractivity contribution is 5.83.